The molecule has 2 aromatic carbocycles. The molecular weight excluding hydrogens is 384 g/mol. The monoisotopic (exact) mass is 414 g/mol. The quantitative estimate of drug-likeness (QED) is 0.374. The highest BCUT2D eigenvalue weighted by atomic mass is 16.5. The van der Waals surface area contributed by atoms with Crippen molar-refractivity contribution in [3.8, 4) is 0 Å². The lowest BCUT2D eigenvalue weighted by atomic mass is 10.2. The van der Waals surface area contributed by atoms with Gasteiger partial charge in [0.05, 0.1) is 23.6 Å². The van der Waals surface area contributed by atoms with Gasteiger partial charge < -0.3 is 9.47 Å². The third-order valence-electron chi connectivity index (χ3n) is 4.27. The van der Waals surface area contributed by atoms with Crippen molar-refractivity contribution in [3.63, 3.8) is 0 Å². The fraction of sp³-hybridized carbons (Fsp3) is 0.259. The number of rotatable bonds is 6. The predicted octanol–water partition coefficient (Wildman–Crippen LogP) is 7.09. The Morgan fingerprint density at radius 1 is 0.742 bits per heavy atom. The first-order chi connectivity index (χ1) is 15.0. The zero-order valence-electron chi connectivity index (χ0n) is 18.7. The second kappa shape index (κ2) is 11.1. The topological polar surface area (TPSA) is 43.2 Å². The standard InChI is InChI=1S/C27H30N2O2/c1-20(2)30-26(22-12-8-5-6-9-13-22)28-24-16-18-25(19-17-24)29-27(31-21(3)4)23-14-10-7-11-15-23/h5-8,10-21H,9H2,1-4H3. The van der Waals surface area contributed by atoms with E-state index in [4.69, 9.17) is 19.5 Å². The molecule has 0 radical (unpaired) electrons. The molecule has 0 heterocycles. The summed E-state index contributed by atoms with van der Waals surface area (Å²) >= 11 is 0. The molecule has 0 unspecified atom stereocenters. The molecule has 0 aliphatic heterocycles. The van der Waals surface area contributed by atoms with Crippen LogP contribution in [-0.4, -0.2) is 24.0 Å². The maximum absolute atomic E-state index is 6.00. The lowest BCUT2D eigenvalue weighted by Gasteiger charge is -2.14. The van der Waals surface area contributed by atoms with Crippen LogP contribution >= 0.6 is 0 Å². The average molecular weight is 415 g/mol. The number of nitrogens with zero attached hydrogens (tertiary/aromatic N) is 2. The third kappa shape index (κ3) is 7.10. The van der Waals surface area contributed by atoms with Crippen LogP contribution < -0.4 is 0 Å². The van der Waals surface area contributed by atoms with Crippen LogP contribution in [0.5, 0.6) is 0 Å². The van der Waals surface area contributed by atoms with Gasteiger partial charge in [0.25, 0.3) is 0 Å². The molecule has 3 rings (SSSR count). The van der Waals surface area contributed by atoms with Gasteiger partial charge in [-0.1, -0.05) is 42.5 Å². The summed E-state index contributed by atoms with van der Waals surface area (Å²) < 4.78 is 12.0. The highest BCUT2D eigenvalue weighted by Crippen LogP contribution is 2.22. The number of ether oxygens (including phenoxy) is 2. The average Bonchev–Trinajstić information content (AvgIpc) is 3.04. The smallest absolute Gasteiger partial charge is 0.221 e. The molecule has 160 valence electrons. The molecule has 1 aliphatic carbocycles. The molecule has 0 bridgehead atoms. The van der Waals surface area contributed by atoms with Crippen molar-refractivity contribution in [2.75, 3.05) is 0 Å². The first kappa shape index (κ1) is 22.3. The number of aliphatic imine (C=N–C) groups is 2. The van der Waals surface area contributed by atoms with Crippen molar-refractivity contribution in [1.82, 2.24) is 0 Å². The van der Waals surface area contributed by atoms with E-state index >= 15 is 0 Å². The highest BCUT2D eigenvalue weighted by Gasteiger charge is 2.10. The first-order valence-electron chi connectivity index (χ1n) is 10.7. The molecule has 0 saturated heterocycles. The maximum Gasteiger partial charge on any atom is 0.221 e. The molecule has 4 heteroatoms. The zero-order chi connectivity index (χ0) is 22.1. The Bertz CT molecular complexity index is 995. The molecule has 1 aliphatic rings. The molecular formula is C27H30N2O2. The van der Waals surface area contributed by atoms with Gasteiger partial charge in [-0.05, 0) is 76.6 Å². The van der Waals surface area contributed by atoms with Crippen LogP contribution in [0.3, 0.4) is 0 Å². The third-order valence-corrected chi connectivity index (χ3v) is 4.27. The van der Waals surface area contributed by atoms with Crippen molar-refractivity contribution in [2.24, 2.45) is 9.98 Å². The summed E-state index contributed by atoms with van der Waals surface area (Å²) in [6.07, 6.45) is 11.2. The van der Waals surface area contributed by atoms with Crippen LogP contribution in [0.15, 0.2) is 101 Å². The SMILES string of the molecule is CC(C)OC(=Nc1ccc(N=C(OC(C)C)c2ccccc2)cc1)C1=CCC=CC=C1. The predicted molar refractivity (Wildman–Crippen MR) is 130 cm³/mol. The van der Waals surface area contributed by atoms with Gasteiger partial charge in [-0.25, -0.2) is 9.98 Å². The van der Waals surface area contributed by atoms with E-state index in [0.29, 0.717) is 11.8 Å². The van der Waals surface area contributed by atoms with Gasteiger partial charge in [-0.3, -0.25) is 0 Å². The molecule has 2 aromatic rings. The van der Waals surface area contributed by atoms with Crippen LogP contribution in [0.2, 0.25) is 0 Å². The van der Waals surface area contributed by atoms with E-state index in [0.717, 1.165) is 28.9 Å². The Balaban J connectivity index is 1.87. The van der Waals surface area contributed by atoms with Crippen molar-refractivity contribution >= 4 is 23.2 Å². The van der Waals surface area contributed by atoms with E-state index in [-0.39, 0.29) is 12.2 Å². The van der Waals surface area contributed by atoms with E-state index in [9.17, 15) is 0 Å². The van der Waals surface area contributed by atoms with Crippen molar-refractivity contribution in [1.29, 1.82) is 0 Å². The Morgan fingerprint density at radius 3 is 1.94 bits per heavy atom. The van der Waals surface area contributed by atoms with Crippen LogP contribution in [0.1, 0.15) is 39.7 Å². The first-order valence-corrected chi connectivity index (χ1v) is 10.7. The van der Waals surface area contributed by atoms with Gasteiger partial charge in [0.15, 0.2) is 0 Å². The normalized spacial score (nSPS) is 14.6. The highest BCUT2D eigenvalue weighted by molar-refractivity contribution is 5.98. The second-order valence-corrected chi connectivity index (χ2v) is 7.73. The fourth-order valence-electron chi connectivity index (χ4n) is 2.92. The van der Waals surface area contributed by atoms with Crippen LogP contribution in [0, 0.1) is 0 Å². The van der Waals surface area contributed by atoms with Crippen LogP contribution in [0.4, 0.5) is 11.4 Å². The summed E-state index contributed by atoms with van der Waals surface area (Å²) in [6.45, 7) is 8.01. The summed E-state index contributed by atoms with van der Waals surface area (Å²) in [5, 5.41) is 0. The number of benzene rings is 2. The fourth-order valence-corrected chi connectivity index (χ4v) is 2.92. The summed E-state index contributed by atoms with van der Waals surface area (Å²) in [5.41, 5.74) is 3.55. The van der Waals surface area contributed by atoms with Crippen LogP contribution in [-0.2, 0) is 9.47 Å². The summed E-state index contributed by atoms with van der Waals surface area (Å²) in [6, 6.07) is 17.7. The van der Waals surface area contributed by atoms with Gasteiger partial charge in [-0.2, -0.15) is 0 Å². The number of hydrogen-bond donors (Lipinski definition) is 0. The van der Waals surface area contributed by atoms with Gasteiger partial charge in [0.2, 0.25) is 11.8 Å². The minimum atomic E-state index is 0.0361. The number of allylic oxidation sites excluding steroid dienone is 4. The molecule has 0 amide bonds. The van der Waals surface area contributed by atoms with E-state index in [1.165, 1.54) is 0 Å². The van der Waals surface area contributed by atoms with Crippen molar-refractivity contribution in [3.05, 3.63) is 96.1 Å². The van der Waals surface area contributed by atoms with E-state index < -0.39 is 0 Å². The van der Waals surface area contributed by atoms with Crippen molar-refractivity contribution < 1.29 is 9.47 Å². The maximum atomic E-state index is 6.00. The zero-order valence-corrected chi connectivity index (χ0v) is 18.7. The Morgan fingerprint density at radius 2 is 1.32 bits per heavy atom. The summed E-state index contributed by atoms with van der Waals surface area (Å²) in [7, 11) is 0. The molecule has 0 aromatic heterocycles. The van der Waals surface area contributed by atoms with Gasteiger partial charge >= 0.3 is 0 Å². The molecule has 0 atom stereocenters. The minimum absolute atomic E-state index is 0.0361. The number of hydrogen-bond acceptors (Lipinski definition) is 4. The Hall–Kier alpha value is -3.40. The van der Waals surface area contributed by atoms with Gasteiger partial charge in [0.1, 0.15) is 0 Å². The largest absolute Gasteiger partial charge is 0.475 e. The molecule has 0 saturated carbocycles. The molecule has 0 spiro atoms. The molecule has 4 nitrogen and oxygen atoms in total. The van der Waals surface area contributed by atoms with Crippen molar-refractivity contribution in [2.45, 2.75) is 46.3 Å². The Labute approximate surface area is 185 Å². The van der Waals surface area contributed by atoms with Gasteiger partial charge in [-0.15, -0.1) is 0 Å². The summed E-state index contributed by atoms with van der Waals surface area (Å²) in [4.78, 5) is 9.48. The lowest BCUT2D eigenvalue weighted by Crippen LogP contribution is -2.13. The van der Waals surface area contributed by atoms with E-state index in [1.807, 2.05) is 101 Å². The lowest BCUT2D eigenvalue weighted by molar-refractivity contribution is 0.229. The molecule has 0 N–H and O–H groups in total. The Kier molecular flexibility index (Phi) is 7.99. The second-order valence-electron chi connectivity index (χ2n) is 7.73. The van der Waals surface area contributed by atoms with Gasteiger partial charge in [0, 0.05) is 11.1 Å². The summed E-state index contributed by atoms with van der Waals surface area (Å²) in [5.74, 6) is 1.23. The molecule has 31 heavy (non-hydrogen) atoms. The van der Waals surface area contributed by atoms with Crippen LogP contribution in [0.25, 0.3) is 0 Å². The molecule has 0 fully saturated rings. The van der Waals surface area contributed by atoms with E-state index in [1.54, 1.807) is 0 Å². The van der Waals surface area contributed by atoms with E-state index in [2.05, 4.69) is 12.2 Å². The minimum Gasteiger partial charge on any atom is -0.475 e.